The molecular weight excluding hydrogens is 144 g/mol. The monoisotopic (exact) mass is 158 g/mol. The van der Waals surface area contributed by atoms with E-state index < -0.39 is 5.79 Å². The van der Waals surface area contributed by atoms with Crippen LogP contribution in [0.15, 0.2) is 0 Å². The van der Waals surface area contributed by atoms with Crippen LogP contribution in [-0.2, 0) is 4.74 Å². The maximum atomic E-state index is 9.69. The van der Waals surface area contributed by atoms with Crippen molar-refractivity contribution in [3.05, 3.63) is 0 Å². The number of aliphatic hydroxyl groups excluding tert-OH is 1. The van der Waals surface area contributed by atoms with Gasteiger partial charge in [0.05, 0.1) is 12.2 Å². The molecule has 1 saturated heterocycles. The van der Waals surface area contributed by atoms with Gasteiger partial charge in [0.2, 0.25) is 0 Å². The topological polar surface area (TPSA) is 49.7 Å². The number of fused-ring (bicyclic) bond motifs is 1. The van der Waals surface area contributed by atoms with E-state index in [2.05, 4.69) is 0 Å². The van der Waals surface area contributed by atoms with Crippen LogP contribution >= 0.6 is 0 Å². The first-order valence-electron chi connectivity index (χ1n) is 4.20. The SMILES string of the molecule is C[C@H]1C[C@@H](O)[C@H]2CC[C@@]2(O)O1. The molecule has 11 heavy (non-hydrogen) atoms. The highest BCUT2D eigenvalue weighted by Gasteiger charge is 2.54. The zero-order valence-corrected chi connectivity index (χ0v) is 6.66. The Balaban J connectivity index is 2.11. The predicted octanol–water partition coefficient (Wildman–Crippen LogP) is 0.255. The van der Waals surface area contributed by atoms with Gasteiger partial charge in [-0.1, -0.05) is 0 Å². The van der Waals surface area contributed by atoms with Crippen molar-refractivity contribution in [1.82, 2.24) is 0 Å². The molecule has 64 valence electrons. The van der Waals surface area contributed by atoms with E-state index in [0.29, 0.717) is 12.8 Å². The number of ether oxygens (including phenoxy) is 1. The zero-order chi connectivity index (χ0) is 8.06. The Labute approximate surface area is 66.0 Å². The molecule has 0 amide bonds. The van der Waals surface area contributed by atoms with Gasteiger partial charge in [0.1, 0.15) is 0 Å². The molecule has 2 N–H and O–H groups in total. The minimum atomic E-state index is -0.989. The van der Waals surface area contributed by atoms with Gasteiger partial charge in [-0.3, -0.25) is 0 Å². The molecule has 0 aromatic heterocycles. The van der Waals surface area contributed by atoms with Crippen LogP contribution in [-0.4, -0.2) is 28.2 Å². The van der Waals surface area contributed by atoms with Crippen molar-refractivity contribution >= 4 is 0 Å². The van der Waals surface area contributed by atoms with Gasteiger partial charge >= 0.3 is 0 Å². The fourth-order valence-corrected chi connectivity index (χ4v) is 2.10. The minimum Gasteiger partial charge on any atom is -0.393 e. The summed E-state index contributed by atoms with van der Waals surface area (Å²) in [5.41, 5.74) is 0. The molecule has 2 aliphatic rings. The summed E-state index contributed by atoms with van der Waals surface area (Å²) in [6, 6.07) is 0. The lowest BCUT2D eigenvalue weighted by Crippen LogP contribution is -2.59. The number of aliphatic hydroxyl groups is 2. The fraction of sp³-hybridized carbons (Fsp3) is 1.00. The summed E-state index contributed by atoms with van der Waals surface area (Å²) in [6.07, 6.45) is 1.86. The molecule has 0 spiro atoms. The molecule has 1 heterocycles. The maximum Gasteiger partial charge on any atom is 0.171 e. The third-order valence-electron chi connectivity index (χ3n) is 2.84. The van der Waals surface area contributed by atoms with Gasteiger partial charge in [-0.25, -0.2) is 0 Å². The third-order valence-corrected chi connectivity index (χ3v) is 2.84. The van der Waals surface area contributed by atoms with Crippen LogP contribution < -0.4 is 0 Å². The van der Waals surface area contributed by atoms with Crippen molar-refractivity contribution < 1.29 is 14.9 Å². The molecule has 1 saturated carbocycles. The summed E-state index contributed by atoms with van der Waals surface area (Å²) in [5.74, 6) is -1.02. The second-order valence-electron chi connectivity index (χ2n) is 3.72. The van der Waals surface area contributed by atoms with E-state index >= 15 is 0 Å². The second kappa shape index (κ2) is 2.19. The van der Waals surface area contributed by atoms with Crippen LogP contribution in [0, 0.1) is 5.92 Å². The predicted molar refractivity (Wildman–Crippen MR) is 38.8 cm³/mol. The highest BCUT2D eigenvalue weighted by atomic mass is 16.6. The van der Waals surface area contributed by atoms with Crippen molar-refractivity contribution in [3.63, 3.8) is 0 Å². The van der Waals surface area contributed by atoms with E-state index in [9.17, 15) is 10.2 Å². The van der Waals surface area contributed by atoms with Gasteiger partial charge in [0, 0.05) is 12.3 Å². The lowest BCUT2D eigenvalue weighted by Gasteiger charge is -2.52. The molecule has 3 nitrogen and oxygen atoms in total. The molecule has 0 unspecified atom stereocenters. The van der Waals surface area contributed by atoms with E-state index in [4.69, 9.17) is 4.74 Å². The molecule has 0 aromatic carbocycles. The Morgan fingerprint density at radius 1 is 1.55 bits per heavy atom. The minimum absolute atomic E-state index is 0.00782. The molecule has 1 aliphatic carbocycles. The van der Waals surface area contributed by atoms with Crippen LogP contribution in [0.1, 0.15) is 26.2 Å². The summed E-state index contributed by atoms with van der Waals surface area (Å²) >= 11 is 0. The van der Waals surface area contributed by atoms with Crippen LogP contribution in [0.3, 0.4) is 0 Å². The van der Waals surface area contributed by atoms with E-state index in [1.54, 1.807) is 0 Å². The van der Waals surface area contributed by atoms with E-state index in [-0.39, 0.29) is 18.1 Å². The molecule has 0 radical (unpaired) electrons. The maximum absolute atomic E-state index is 9.69. The molecule has 0 aromatic rings. The number of hydrogen-bond donors (Lipinski definition) is 2. The van der Waals surface area contributed by atoms with Crippen molar-refractivity contribution in [3.8, 4) is 0 Å². The van der Waals surface area contributed by atoms with Gasteiger partial charge in [-0.15, -0.1) is 0 Å². The summed E-state index contributed by atoms with van der Waals surface area (Å²) in [4.78, 5) is 0. The highest BCUT2D eigenvalue weighted by Crippen LogP contribution is 2.46. The van der Waals surface area contributed by atoms with Crippen LogP contribution in [0.25, 0.3) is 0 Å². The molecule has 4 atom stereocenters. The first kappa shape index (κ1) is 7.53. The van der Waals surface area contributed by atoms with Gasteiger partial charge in [-0.2, -0.15) is 0 Å². The van der Waals surface area contributed by atoms with Crippen molar-refractivity contribution in [1.29, 1.82) is 0 Å². The Morgan fingerprint density at radius 2 is 2.27 bits per heavy atom. The Morgan fingerprint density at radius 3 is 2.73 bits per heavy atom. The molecule has 0 bridgehead atoms. The zero-order valence-electron chi connectivity index (χ0n) is 6.66. The Bertz CT molecular complexity index is 171. The summed E-state index contributed by atoms with van der Waals surface area (Å²) in [5, 5.41) is 19.2. The molecular formula is C8H14O3. The van der Waals surface area contributed by atoms with Crippen LogP contribution in [0.4, 0.5) is 0 Å². The number of hydrogen-bond acceptors (Lipinski definition) is 3. The summed E-state index contributed by atoms with van der Waals surface area (Å²) in [6.45, 7) is 1.88. The quantitative estimate of drug-likeness (QED) is 0.531. The largest absolute Gasteiger partial charge is 0.393 e. The van der Waals surface area contributed by atoms with E-state index in [1.165, 1.54) is 0 Å². The molecule has 2 rings (SSSR count). The average molecular weight is 158 g/mol. The smallest absolute Gasteiger partial charge is 0.171 e. The lowest BCUT2D eigenvalue weighted by molar-refractivity contribution is -0.344. The van der Waals surface area contributed by atoms with Crippen LogP contribution in [0.5, 0.6) is 0 Å². The van der Waals surface area contributed by atoms with E-state index in [0.717, 1.165) is 6.42 Å². The first-order valence-corrected chi connectivity index (χ1v) is 4.20. The molecule has 1 aliphatic heterocycles. The fourth-order valence-electron chi connectivity index (χ4n) is 2.10. The summed E-state index contributed by atoms with van der Waals surface area (Å²) < 4.78 is 5.34. The Hall–Kier alpha value is -0.120. The lowest BCUT2D eigenvalue weighted by atomic mass is 9.71. The van der Waals surface area contributed by atoms with Gasteiger partial charge in [0.25, 0.3) is 0 Å². The number of rotatable bonds is 0. The van der Waals surface area contributed by atoms with Gasteiger partial charge in [-0.05, 0) is 19.8 Å². The van der Waals surface area contributed by atoms with E-state index in [1.807, 2.05) is 6.92 Å². The second-order valence-corrected chi connectivity index (χ2v) is 3.72. The van der Waals surface area contributed by atoms with Crippen LogP contribution in [0.2, 0.25) is 0 Å². The highest BCUT2D eigenvalue weighted by molar-refractivity contribution is 4.97. The van der Waals surface area contributed by atoms with Crippen molar-refractivity contribution in [2.75, 3.05) is 0 Å². The van der Waals surface area contributed by atoms with Gasteiger partial charge in [0.15, 0.2) is 5.79 Å². The standard InChI is InChI=1S/C8H14O3/c1-5-4-7(9)6-2-3-8(6,10)11-5/h5-7,9-10H,2-4H2,1H3/t5-,6+,7+,8+/m0/s1. The van der Waals surface area contributed by atoms with Crippen molar-refractivity contribution in [2.45, 2.75) is 44.2 Å². The molecule has 3 heteroatoms. The normalized spacial score (nSPS) is 56.5. The summed E-state index contributed by atoms with van der Waals surface area (Å²) in [7, 11) is 0. The Kier molecular flexibility index (Phi) is 1.50. The van der Waals surface area contributed by atoms with Crippen molar-refractivity contribution in [2.24, 2.45) is 5.92 Å². The first-order chi connectivity index (χ1) is 5.12. The van der Waals surface area contributed by atoms with Gasteiger partial charge < -0.3 is 14.9 Å². The average Bonchev–Trinajstić information content (AvgIpc) is 1.81. The molecule has 2 fully saturated rings. The third kappa shape index (κ3) is 0.991.